The van der Waals surface area contributed by atoms with E-state index in [2.05, 4.69) is 15.5 Å². The van der Waals surface area contributed by atoms with E-state index in [9.17, 15) is 4.79 Å². The molecule has 1 amide bonds. The smallest absolute Gasteiger partial charge is 0.278 e. The van der Waals surface area contributed by atoms with E-state index in [0.29, 0.717) is 16.4 Å². The molecule has 0 saturated heterocycles. The van der Waals surface area contributed by atoms with Crippen molar-refractivity contribution in [1.82, 2.24) is 15.0 Å². The molecule has 3 aromatic rings. The molecule has 0 radical (unpaired) electrons. The molecule has 122 valence electrons. The average Bonchev–Trinajstić information content (AvgIpc) is 2.92. The van der Waals surface area contributed by atoms with Crippen molar-refractivity contribution in [2.45, 2.75) is 20.8 Å². The molecule has 0 aliphatic rings. The Bertz CT molecular complexity index is 917. The molecule has 0 saturated carbocycles. The molecule has 1 aromatic heterocycles. The van der Waals surface area contributed by atoms with E-state index in [1.807, 2.05) is 44.2 Å². The molecule has 6 heteroatoms. The minimum Gasteiger partial charge on any atom is -0.320 e. The maximum Gasteiger partial charge on any atom is 0.278 e. The SMILES string of the molecule is Cc1ccc(NC(=O)c2nn(-c3cccc(Cl)c3)nc2C)c(C)c1. The van der Waals surface area contributed by atoms with Crippen molar-refractivity contribution in [3.05, 3.63) is 70.0 Å². The van der Waals surface area contributed by atoms with Gasteiger partial charge in [0.15, 0.2) is 5.69 Å². The summed E-state index contributed by atoms with van der Waals surface area (Å²) in [5.74, 6) is -0.285. The van der Waals surface area contributed by atoms with Crippen molar-refractivity contribution in [2.75, 3.05) is 5.32 Å². The number of amides is 1. The standard InChI is InChI=1S/C18H17ClN4O/c1-11-7-8-16(12(2)9-11)20-18(24)17-13(3)21-23(22-17)15-6-4-5-14(19)10-15/h4-10H,1-3H3,(H,20,24). The first-order chi connectivity index (χ1) is 11.4. The van der Waals surface area contributed by atoms with Crippen LogP contribution in [0.5, 0.6) is 0 Å². The summed E-state index contributed by atoms with van der Waals surface area (Å²) in [7, 11) is 0. The second-order valence-corrected chi connectivity index (χ2v) is 6.11. The minimum atomic E-state index is -0.285. The van der Waals surface area contributed by atoms with E-state index in [-0.39, 0.29) is 11.6 Å². The van der Waals surface area contributed by atoms with Crippen molar-refractivity contribution in [1.29, 1.82) is 0 Å². The Labute approximate surface area is 145 Å². The third-order valence-corrected chi connectivity index (χ3v) is 3.90. The molecule has 1 heterocycles. The lowest BCUT2D eigenvalue weighted by atomic mass is 10.1. The first kappa shape index (κ1) is 16.2. The van der Waals surface area contributed by atoms with Crippen LogP contribution in [0, 0.1) is 20.8 Å². The Morgan fingerprint density at radius 3 is 2.58 bits per heavy atom. The first-order valence-electron chi connectivity index (χ1n) is 7.52. The molecular weight excluding hydrogens is 324 g/mol. The molecule has 2 aromatic carbocycles. The van der Waals surface area contributed by atoms with Crippen LogP contribution >= 0.6 is 11.6 Å². The summed E-state index contributed by atoms with van der Waals surface area (Å²) in [5.41, 5.74) is 4.46. The van der Waals surface area contributed by atoms with Gasteiger partial charge in [-0.25, -0.2) is 0 Å². The molecule has 0 aliphatic carbocycles. The molecule has 0 spiro atoms. The summed E-state index contributed by atoms with van der Waals surface area (Å²) >= 11 is 5.99. The van der Waals surface area contributed by atoms with Crippen molar-refractivity contribution < 1.29 is 4.79 Å². The summed E-state index contributed by atoms with van der Waals surface area (Å²) in [6.07, 6.45) is 0. The molecule has 1 N–H and O–H groups in total. The van der Waals surface area contributed by atoms with Gasteiger partial charge in [0.1, 0.15) is 0 Å². The fraction of sp³-hybridized carbons (Fsp3) is 0.167. The Morgan fingerprint density at radius 2 is 1.88 bits per heavy atom. The van der Waals surface area contributed by atoms with E-state index >= 15 is 0 Å². The zero-order chi connectivity index (χ0) is 17.3. The normalized spacial score (nSPS) is 10.7. The molecule has 0 atom stereocenters. The molecule has 24 heavy (non-hydrogen) atoms. The number of halogens is 1. The lowest BCUT2D eigenvalue weighted by Gasteiger charge is -2.07. The quantitative estimate of drug-likeness (QED) is 0.781. The van der Waals surface area contributed by atoms with Crippen LogP contribution in [-0.2, 0) is 0 Å². The Hall–Kier alpha value is -2.66. The summed E-state index contributed by atoms with van der Waals surface area (Å²) in [5, 5.41) is 12.1. The topological polar surface area (TPSA) is 59.8 Å². The largest absolute Gasteiger partial charge is 0.320 e. The Morgan fingerprint density at radius 1 is 1.08 bits per heavy atom. The highest BCUT2D eigenvalue weighted by molar-refractivity contribution is 6.30. The summed E-state index contributed by atoms with van der Waals surface area (Å²) in [4.78, 5) is 13.9. The molecule has 0 bridgehead atoms. The number of aryl methyl sites for hydroxylation is 3. The van der Waals surface area contributed by atoms with Gasteiger partial charge in [-0.1, -0.05) is 35.4 Å². The van der Waals surface area contributed by atoms with Gasteiger partial charge in [-0.2, -0.15) is 9.90 Å². The predicted molar refractivity (Wildman–Crippen MR) is 95.0 cm³/mol. The highest BCUT2D eigenvalue weighted by Crippen LogP contribution is 2.18. The van der Waals surface area contributed by atoms with Crippen molar-refractivity contribution in [3.63, 3.8) is 0 Å². The van der Waals surface area contributed by atoms with E-state index in [4.69, 9.17) is 11.6 Å². The monoisotopic (exact) mass is 340 g/mol. The predicted octanol–water partition coefficient (Wildman–Crippen LogP) is 4.10. The summed E-state index contributed by atoms with van der Waals surface area (Å²) in [6.45, 7) is 5.72. The van der Waals surface area contributed by atoms with Gasteiger partial charge in [-0.3, -0.25) is 4.79 Å². The van der Waals surface area contributed by atoms with Gasteiger partial charge < -0.3 is 5.32 Å². The van der Waals surface area contributed by atoms with Gasteiger partial charge in [0, 0.05) is 10.7 Å². The van der Waals surface area contributed by atoms with Crippen LogP contribution in [0.4, 0.5) is 5.69 Å². The van der Waals surface area contributed by atoms with Crippen LogP contribution in [0.3, 0.4) is 0 Å². The van der Waals surface area contributed by atoms with Gasteiger partial charge in [-0.05, 0) is 50.6 Å². The number of hydrogen-bond donors (Lipinski definition) is 1. The second kappa shape index (κ2) is 6.45. The lowest BCUT2D eigenvalue weighted by molar-refractivity contribution is 0.102. The Kier molecular flexibility index (Phi) is 4.36. The Balaban J connectivity index is 1.88. The van der Waals surface area contributed by atoms with E-state index in [0.717, 1.165) is 16.8 Å². The maximum atomic E-state index is 12.5. The van der Waals surface area contributed by atoms with Crippen molar-refractivity contribution in [2.24, 2.45) is 0 Å². The number of rotatable bonds is 3. The molecular formula is C18H17ClN4O. The number of carbonyl (C=O) groups is 1. The molecule has 0 unspecified atom stereocenters. The van der Waals surface area contributed by atoms with E-state index in [1.54, 1.807) is 19.1 Å². The molecule has 0 fully saturated rings. The number of nitrogens with zero attached hydrogens (tertiary/aromatic N) is 3. The van der Waals surface area contributed by atoms with E-state index in [1.165, 1.54) is 4.80 Å². The maximum absolute atomic E-state index is 12.5. The zero-order valence-electron chi connectivity index (χ0n) is 13.7. The third kappa shape index (κ3) is 3.31. The highest BCUT2D eigenvalue weighted by atomic mass is 35.5. The van der Waals surface area contributed by atoms with Crippen LogP contribution < -0.4 is 5.32 Å². The van der Waals surface area contributed by atoms with Gasteiger partial charge in [0.25, 0.3) is 5.91 Å². The highest BCUT2D eigenvalue weighted by Gasteiger charge is 2.17. The third-order valence-electron chi connectivity index (χ3n) is 3.67. The number of anilines is 1. The van der Waals surface area contributed by atoms with Crippen LogP contribution in [0.2, 0.25) is 5.02 Å². The second-order valence-electron chi connectivity index (χ2n) is 5.68. The summed E-state index contributed by atoms with van der Waals surface area (Å²) < 4.78 is 0. The van der Waals surface area contributed by atoms with E-state index < -0.39 is 0 Å². The van der Waals surface area contributed by atoms with Gasteiger partial charge >= 0.3 is 0 Å². The number of hydrogen-bond acceptors (Lipinski definition) is 3. The molecule has 5 nitrogen and oxygen atoms in total. The fourth-order valence-electron chi connectivity index (χ4n) is 2.44. The number of nitrogens with one attached hydrogen (secondary N) is 1. The summed E-state index contributed by atoms with van der Waals surface area (Å²) in [6, 6.07) is 13.0. The minimum absolute atomic E-state index is 0.285. The first-order valence-corrected chi connectivity index (χ1v) is 7.90. The van der Waals surface area contributed by atoms with Crippen LogP contribution in [0.1, 0.15) is 27.3 Å². The number of benzene rings is 2. The van der Waals surface area contributed by atoms with Crippen LogP contribution in [0.25, 0.3) is 5.69 Å². The molecule has 0 aliphatic heterocycles. The lowest BCUT2D eigenvalue weighted by Crippen LogP contribution is -2.15. The zero-order valence-corrected chi connectivity index (χ0v) is 14.4. The molecule has 3 rings (SSSR count). The average molecular weight is 341 g/mol. The number of aromatic nitrogens is 3. The van der Waals surface area contributed by atoms with Crippen molar-refractivity contribution >= 4 is 23.2 Å². The van der Waals surface area contributed by atoms with Crippen LogP contribution in [0.15, 0.2) is 42.5 Å². The van der Waals surface area contributed by atoms with Gasteiger partial charge in [0.2, 0.25) is 0 Å². The fourth-order valence-corrected chi connectivity index (χ4v) is 2.62. The van der Waals surface area contributed by atoms with Gasteiger partial charge in [-0.15, -0.1) is 5.10 Å². The van der Waals surface area contributed by atoms with Crippen LogP contribution in [-0.4, -0.2) is 20.9 Å². The number of carbonyl (C=O) groups excluding carboxylic acids is 1. The van der Waals surface area contributed by atoms with Crippen molar-refractivity contribution in [3.8, 4) is 5.69 Å². The van der Waals surface area contributed by atoms with Gasteiger partial charge in [0.05, 0.1) is 11.4 Å².